The van der Waals surface area contributed by atoms with Gasteiger partial charge in [0.2, 0.25) is 0 Å². The standard InChI is InChI=1S/C27H15N3O2S/c1-30-23-13-19(33-27(23)29-26(30)16-8-6-15(14-28)7-9-16)12-22-24(31)20-10-17-4-2-3-5-18(17)11-21(20)25(22)32/h2-13H,1H3. The van der Waals surface area contributed by atoms with Crippen LogP contribution in [0.2, 0.25) is 0 Å². The Bertz CT molecular complexity index is 1660. The number of nitriles is 1. The molecule has 0 N–H and O–H groups in total. The number of carbonyl (C=O) groups is 2. The highest BCUT2D eigenvalue weighted by molar-refractivity contribution is 7.19. The monoisotopic (exact) mass is 445 g/mol. The number of hydrogen-bond acceptors (Lipinski definition) is 5. The molecule has 0 spiro atoms. The maximum Gasteiger partial charge on any atom is 0.197 e. The molecule has 0 fully saturated rings. The highest BCUT2D eigenvalue weighted by atomic mass is 32.1. The summed E-state index contributed by atoms with van der Waals surface area (Å²) in [4.78, 5) is 32.5. The van der Waals surface area contributed by atoms with Gasteiger partial charge in [0, 0.05) is 28.6 Å². The molecule has 6 heteroatoms. The van der Waals surface area contributed by atoms with Crippen molar-refractivity contribution in [3.05, 3.63) is 93.9 Å². The smallest absolute Gasteiger partial charge is 0.197 e. The number of rotatable bonds is 2. The van der Waals surface area contributed by atoms with Crippen LogP contribution in [0.25, 0.3) is 38.6 Å². The summed E-state index contributed by atoms with van der Waals surface area (Å²) in [5.41, 5.74) is 3.57. The van der Waals surface area contributed by atoms with E-state index in [1.54, 1.807) is 18.2 Å². The molecule has 156 valence electrons. The third-order valence-electron chi connectivity index (χ3n) is 6.02. The molecular formula is C27H15N3O2S. The summed E-state index contributed by atoms with van der Waals surface area (Å²) in [5.74, 6) is 0.334. The maximum absolute atomic E-state index is 13.0. The number of aromatic nitrogens is 2. The molecule has 0 bridgehead atoms. The zero-order chi connectivity index (χ0) is 22.7. The minimum atomic E-state index is -0.232. The van der Waals surface area contributed by atoms with E-state index in [0.717, 1.165) is 37.4 Å². The van der Waals surface area contributed by atoms with Gasteiger partial charge in [-0.3, -0.25) is 9.59 Å². The fourth-order valence-corrected chi connectivity index (χ4v) is 5.30. The second-order valence-corrected chi connectivity index (χ2v) is 9.05. The number of carbonyl (C=O) groups excluding carboxylic acids is 2. The van der Waals surface area contributed by atoms with Crippen LogP contribution < -0.4 is 0 Å². The lowest BCUT2D eigenvalue weighted by Gasteiger charge is -2.02. The number of imidazole rings is 1. The van der Waals surface area contributed by atoms with Crippen molar-refractivity contribution < 1.29 is 9.59 Å². The molecule has 3 aromatic carbocycles. The highest BCUT2D eigenvalue weighted by Gasteiger charge is 2.33. The largest absolute Gasteiger partial charge is 0.326 e. The number of nitrogens with zero attached hydrogens (tertiary/aromatic N) is 3. The second-order valence-electron chi connectivity index (χ2n) is 7.98. The summed E-state index contributed by atoms with van der Waals surface area (Å²) in [5, 5.41) is 10.9. The van der Waals surface area contributed by atoms with Crippen LogP contribution in [-0.4, -0.2) is 21.1 Å². The number of ketones is 2. The molecule has 5 aromatic rings. The van der Waals surface area contributed by atoms with E-state index in [4.69, 9.17) is 10.2 Å². The fourth-order valence-electron chi connectivity index (χ4n) is 4.30. The average molecular weight is 446 g/mol. The number of aryl methyl sites for hydroxylation is 1. The van der Waals surface area contributed by atoms with Crippen LogP contribution in [0.1, 0.15) is 31.2 Å². The van der Waals surface area contributed by atoms with Crippen LogP contribution in [-0.2, 0) is 7.05 Å². The third kappa shape index (κ3) is 2.94. The molecule has 1 aliphatic carbocycles. The van der Waals surface area contributed by atoms with Crippen LogP contribution in [0.15, 0.2) is 72.3 Å². The van der Waals surface area contributed by atoms with Crippen molar-refractivity contribution in [3.8, 4) is 17.5 Å². The predicted molar refractivity (Wildman–Crippen MR) is 129 cm³/mol. The molecule has 0 aliphatic heterocycles. The van der Waals surface area contributed by atoms with Crippen LogP contribution in [0.4, 0.5) is 0 Å². The molecule has 1 aliphatic rings. The summed E-state index contributed by atoms with van der Waals surface area (Å²) >= 11 is 1.44. The zero-order valence-electron chi connectivity index (χ0n) is 17.5. The summed E-state index contributed by atoms with van der Waals surface area (Å²) < 4.78 is 1.98. The molecule has 6 rings (SSSR count). The molecule has 2 heterocycles. The highest BCUT2D eigenvalue weighted by Crippen LogP contribution is 2.35. The van der Waals surface area contributed by atoms with Crippen molar-refractivity contribution in [1.29, 1.82) is 5.26 Å². The van der Waals surface area contributed by atoms with Crippen LogP contribution >= 0.6 is 11.3 Å². The van der Waals surface area contributed by atoms with E-state index in [1.165, 1.54) is 11.3 Å². The Morgan fingerprint density at radius 2 is 1.58 bits per heavy atom. The predicted octanol–water partition coefficient (Wildman–Crippen LogP) is 5.79. The lowest BCUT2D eigenvalue weighted by atomic mass is 10.0. The molecule has 0 amide bonds. The Morgan fingerprint density at radius 1 is 0.939 bits per heavy atom. The number of fused-ring (bicyclic) bond motifs is 3. The number of Topliss-reactive ketones (excluding diaryl/α,β-unsaturated/α-hetero) is 2. The van der Waals surface area contributed by atoms with Gasteiger partial charge in [-0.2, -0.15) is 5.26 Å². The summed E-state index contributed by atoms with van der Waals surface area (Å²) in [6, 6.07) is 22.7. The van der Waals surface area contributed by atoms with E-state index in [9.17, 15) is 9.59 Å². The van der Waals surface area contributed by atoms with Gasteiger partial charge in [0.25, 0.3) is 0 Å². The van der Waals surface area contributed by atoms with Gasteiger partial charge in [0.05, 0.1) is 22.7 Å². The molecular weight excluding hydrogens is 430 g/mol. The van der Waals surface area contributed by atoms with E-state index < -0.39 is 0 Å². The Morgan fingerprint density at radius 3 is 2.15 bits per heavy atom. The van der Waals surface area contributed by atoms with E-state index in [2.05, 4.69) is 6.07 Å². The first-order chi connectivity index (χ1) is 16.0. The Kier molecular flexibility index (Phi) is 4.16. The molecule has 2 aromatic heterocycles. The van der Waals surface area contributed by atoms with E-state index in [1.807, 2.05) is 66.2 Å². The summed E-state index contributed by atoms with van der Waals surface area (Å²) in [7, 11) is 1.93. The van der Waals surface area contributed by atoms with E-state index in [-0.39, 0.29) is 17.1 Å². The van der Waals surface area contributed by atoms with Crippen molar-refractivity contribution in [3.63, 3.8) is 0 Å². The topological polar surface area (TPSA) is 75.8 Å². The Labute approximate surface area is 192 Å². The lowest BCUT2D eigenvalue weighted by molar-refractivity contribution is 0.0990. The van der Waals surface area contributed by atoms with E-state index in [0.29, 0.717) is 16.7 Å². The maximum atomic E-state index is 13.0. The minimum Gasteiger partial charge on any atom is -0.326 e. The van der Waals surface area contributed by atoms with Crippen molar-refractivity contribution in [1.82, 2.24) is 9.55 Å². The number of hydrogen-bond donors (Lipinski definition) is 0. The molecule has 0 radical (unpaired) electrons. The lowest BCUT2D eigenvalue weighted by Crippen LogP contribution is -1.99. The average Bonchev–Trinajstić information content (AvgIpc) is 3.45. The second kappa shape index (κ2) is 7.09. The number of allylic oxidation sites excluding steroid dienone is 1. The molecule has 0 unspecified atom stereocenters. The molecule has 33 heavy (non-hydrogen) atoms. The zero-order valence-corrected chi connectivity index (χ0v) is 18.3. The van der Waals surface area contributed by atoms with Gasteiger partial charge >= 0.3 is 0 Å². The van der Waals surface area contributed by atoms with Gasteiger partial charge in [0.1, 0.15) is 10.7 Å². The third-order valence-corrected chi connectivity index (χ3v) is 6.99. The summed E-state index contributed by atoms with van der Waals surface area (Å²) in [6.07, 6.45) is 1.68. The van der Waals surface area contributed by atoms with Crippen LogP contribution in [0.5, 0.6) is 0 Å². The molecule has 0 saturated heterocycles. The van der Waals surface area contributed by atoms with Crippen LogP contribution in [0, 0.1) is 11.3 Å². The van der Waals surface area contributed by atoms with Gasteiger partial charge in [0.15, 0.2) is 11.6 Å². The van der Waals surface area contributed by atoms with Gasteiger partial charge in [-0.25, -0.2) is 4.98 Å². The van der Waals surface area contributed by atoms with Crippen LogP contribution in [0.3, 0.4) is 0 Å². The first-order valence-electron chi connectivity index (χ1n) is 10.3. The molecule has 5 nitrogen and oxygen atoms in total. The van der Waals surface area contributed by atoms with Gasteiger partial charge in [-0.05, 0) is 59.3 Å². The van der Waals surface area contributed by atoms with Gasteiger partial charge in [-0.1, -0.05) is 24.3 Å². The van der Waals surface area contributed by atoms with Crippen molar-refractivity contribution in [2.24, 2.45) is 7.05 Å². The number of benzene rings is 3. The Hall–Kier alpha value is -4.34. The summed E-state index contributed by atoms with van der Waals surface area (Å²) in [6.45, 7) is 0. The van der Waals surface area contributed by atoms with Crippen molar-refractivity contribution >= 4 is 50.1 Å². The van der Waals surface area contributed by atoms with Gasteiger partial charge in [-0.15, -0.1) is 11.3 Å². The fraction of sp³-hybridized carbons (Fsp3) is 0.0370. The minimum absolute atomic E-state index is 0.194. The number of thiophene rings is 1. The Balaban J connectivity index is 1.39. The first kappa shape index (κ1) is 19.4. The SMILES string of the molecule is Cn1c(-c2ccc(C#N)cc2)nc2sc(C=C3C(=O)c4cc5ccccc5cc4C3=O)cc21. The van der Waals surface area contributed by atoms with Gasteiger partial charge < -0.3 is 4.57 Å². The first-order valence-corrected chi connectivity index (χ1v) is 11.2. The van der Waals surface area contributed by atoms with Crippen molar-refractivity contribution in [2.75, 3.05) is 0 Å². The normalized spacial score (nSPS) is 13.0. The molecule has 0 saturated carbocycles. The van der Waals surface area contributed by atoms with Crippen molar-refractivity contribution in [2.45, 2.75) is 0 Å². The molecule has 0 atom stereocenters. The quantitative estimate of drug-likeness (QED) is 0.255. The van der Waals surface area contributed by atoms with E-state index >= 15 is 0 Å².